The van der Waals surface area contributed by atoms with Crippen LogP contribution in [-0.2, 0) is 38.5 Å². The van der Waals surface area contributed by atoms with Crippen LogP contribution in [0, 0.1) is 0 Å². The summed E-state index contributed by atoms with van der Waals surface area (Å²) in [6, 6.07) is 23.6. The molecule has 0 bridgehead atoms. The maximum Gasteiger partial charge on any atom is 0.323 e. The van der Waals surface area contributed by atoms with Crippen molar-refractivity contribution in [2.45, 2.75) is 64.1 Å². The van der Waals surface area contributed by atoms with Gasteiger partial charge in [-0.2, -0.15) is 0 Å². The number of carbonyl (C=O) groups excluding carboxylic acids is 2. The molecule has 0 fully saturated rings. The fourth-order valence-corrected chi connectivity index (χ4v) is 4.56. The summed E-state index contributed by atoms with van der Waals surface area (Å²) >= 11 is 0. The number of hydrogen-bond donors (Lipinski definition) is 2. The van der Waals surface area contributed by atoms with Gasteiger partial charge in [-0.05, 0) is 92.0 Å². The second kappa shape index (κ2) is 21.2. The van der Waals surface area contributed by atoms with E-state index in [-0.39, 0.29) is 0 Å². The minimum atomic E-state index is -0.741. The van der Waals surface area contributed by atoms with Gasteiger partial charge >= 0.3 is 11.9 Å². The Morgan fingerprint density at radius 3 is 1.70 bits per heavy atom. The molecule has 0 amide bonds. The summed E-state index contributed by atoms with van der Waals surface area (Å²) in [6.45, 7) is 7.18. The number of carbonyl (C=O) groups is 2. The lowest BCUT2D eigenvalue weighted by atomic mass is 10.1. The monoisotopic (exact) mass is 640 g/mol. The summed E-state index contributed by atoms with van der Waals surface area (Å²) in [5.74, 6) is 0.653. The lowest BCUT2D eigenvalue weighted by molar-refractivity contribution is -0.146. The number of esters is 2. The fraction of sp³-hybridized carbons (Fsp3) is 0.333. The first kappa shape index (κ1) is 36.8. The molecular formula is C39H48N2O6. The largest absolute Gasteiger partial charge is 0.489 e. The Labute approximate surface area is 279 Å². The molecule has 47 heavy (non-hydrogen) atoms. The van der Waals surface area contributed by atoms with Crippen molar-refractivity contribution in [1.82, 2.24) is 0 Å². The number of benzene rings is 3. The van der Waals surface area contributed by atoms with Crippen LogP contribution in [0.4, 0.5) is 0 Å². The normalized spacial score (nSPS) is 12.7. The van der Waals surface area contributed by atoms with Gasteiger partial charge in [0.2, 0.25) is 0 Å². The Morgan fingerprint density at radius 2 is 1.21 bits per heavy atom. The Bertz CT molecular complexity index is 1420. The third kappa shape index (κ3) is 14.5. The highest BCUT2D eigenvalue weighted by atomic mass is 16.5. The molecule has 0 saturated carbocycles. The van der Waals surface area contributed by atoms with Crippen LogP contribution >= 0.6 is 0 Å². The molecule has 250 valence electrons. The van der Waals surface area contributed by atoms with Crippen LogP contribution < -0.4 is 20.9 Å². The molecule has 0 spiro atoms. The average Bonchev–Trinajstić information content (AvgIpc) is 3.10. The molecule has 2 atom stereocenters. The molecule has 0 aliphatic heterocycles. The van der Waals surface area contributed by atoms with Gasteiger partial charge in [0.15, 0.2) is 0 Å². The van der Waals surface area contributed by atoms with Crippen molar-refractivity contribution in [3.05, 3.63) is 132 Å². The summed E-state index contributed by atoms with van der Waals surface area (Å²) in [4.78, 5) is 24.7. The quantitative estimate of drug-likeness (QED) is 0.0777. The Morgan fingerprint density at radius 1 is 0.702 bits per heavy atom. The predicted molar refractivity (Wildman–Crippen MR) is 186 cm³/mol. The highest BCUT2D eigenvalue weighted by molar-refractivity contribution is 5.76. The molecule has 0 heterocycles. The summed E-state index contributed by atoms with van der Waals surface area (Å²) in [6.07, 6.45) is 11.4. The van der Waals surface area contributed by atoms with Gasteiger partial charge in [-0.15, -0.1) is 0 Å². The zero-order valence-corrected chi connectivity index (χ0v) is 27.4. The number of rotatable bonds is 21. The van der Waals surface area contributed by atoms with E-state index in [1.165, 1.54) is 0 Å². The summed E-state index contributed by atoms with van der Waals surface area (Å²) in [7, 11) is 0. The van der Waals surface area contributed by atoms with Gasteiger partial charge < -0.3 is 30.4 Å². The smallest absolute Gasteiger partial charge is 0.323 e. The molecule has 8 nitrogen and oxygen atoms in total. The van der Waals surface area contributed by atoms with Crippen LogP contribution in [0.3, 0.4) is 0 Å². The molecule has 3 rings (SSSR count). The van der Waals surface area contributed by atoms with Crippen molar-refractivity contribution in [2.24, 2.45) is 11.5 Å². The van der Waals surface area contributed by atoms with E-state index in [0.717, 1.165) is 46.6 Å². The van der Waals surface area contributed by atoms with E-state index < -0.39 is 24.0 Å². The first-order valence-electron chi connectivity index (χ1n) is 16.1. The van der Waals surface area contributed by atoms with Crippen LogP contribution in [0.5, 0.6) is 11.5 Å². The maximum atomic E-state index is 12.3. The van der Waals surface area contributed by atoms with Crippen molar-refractivity contribution >= 4 is 11.9 Å². The fourth-order valence-electron chi connectivity index (χ4n) is 4.56. The maximum absolute atomic E-state index is 12.3. The molecular weight excluding hydrogens is 592 g/mol. The first-order valence-corrected chi connectivity index (χ1v) is 16.1. The number of ether oxygens (including phenoxy) is 4. The minimum absolute atomic E-state index is 0.299. The van der Waals surface area contributed by atoms with Crippen molar-refractivity contribution in [3.63, 3.8) is 0 Å². The zero-order chi connectivity index (χ0) is 33.7. The van der Waals surface area contributed by atoms with Gasteiger partial charge in [-0.3, -0.25) is 9.59 Å². The van der Waals surface area contributed by atoms with Gasteiger partial charge in [0, 0.05) is 0 Å². The van der Waals surface area contributed by atoms with Gasteiger partial charge in [-0.25, -0.2) is 0 Å². The van der Waals surface area contributed by atoms with Crippen molar-refractivity contribution in [1.29, 1.82) is 0 Å². The van der Waals surface area contributed by atoms with E-state index in [9.17, 15) is 9.59 Å². The van der Waals surface area contributed by atoms with Crippen LogP contribution in [0.2, 0.25) is 0 Å². The molecule has 0 radical (unpaired) electrons. The van der Waals surface area contributed by atoms with Crippen LogP contribution in [0.1, 0.15) is 49.3 Å². The van der Waals surface area contributed by atoms with Gasteiger partial charge in [0.1, 0.15) is 36.8 Å². The third-order valence-electron chi connectivity index (χ3n) is 7.36. The Balaban J connectivity index is 1.21. The highest BCUT2D eigenvalue weighted by Gasteiger charge is 2.17. The topological polar surface area (TPSA) is 123 Å². The lowest BCUT2D eigenvalue weighted by Gasteiger charge is -2.13. The SMILES string of the molecule is C=C/C=C\C(=C/C)COc1ccc(CC(N)C(=O)OCCCCCCOC(=O)C(N)Cc2ccc(OCc3ccccc3)cc2)cc1. The zero-order valence-electron chi connectivity index (χ0n) is 27.4. The molecule has 3 aromatic carbocycles. The summed E-state index contributed by atoms with van der Waals surface area (Å²) in [5, 5.41) is 0. The summed E-state index contributed by atoms with van der Waals surface area (Å²) < 4.78 is 22.4. The first-order chi connectivity index (χ1) is 22.9. The molecule has 4 N–H and O–H groups in total. The van der Waals surface area contributed by atoms with Crippen molar-refractivity contribution in [3.8, 4) is 11.5 Å². The molecule has 3 aromatic rings. The standard InChI is InChI=1S/C39H48N2O6/c1-3-5-13-30(4-2)28-46-34-20-16-31(17-21-34)26-36(40)38(42)44-24-11-6-7-12-25-45-39(43)37(41)27-32-18-22-35(23-19-32)47-29-33-14-9-8-10-15-33/h3-5,8-10,13-23,36-37H,1,6-7,11-12,24-29,40-41H2,2H3/b13-5-,30-4+. The average molecular weight is 641 g/mol. The molecule has 0 aliphatic rings. The van der Waals surface area contributed by atoms with Crippen LogP contribution in [0.15, 0.2) is 115 Å². The van der Waals surface area contributed by atoms with E-state index in [0.29, 0.717) is 52.1 Å². The minimum Gasteiger partial charge on any atom is -0.489 e. The molecule has 2 unspecified atom stereocenters. The van der Waals surface area contributed by atoms with Gasteiger partial charge in [0.05, 0.1) is 13.2 Å². The second-order valence-electron chi connectivity index (χ2n) is 11.2. The lowest BCUT2D eigenvalue weighted by Crippen LogP contribution is -2.34. The molecule has 0 aromatic heterocycles. The number of nitrogens with two attached hydrogens (primary N) is 2. The second-order valence-corrected chi connectivity index (χ2v) is 11.2. The Hall–Kier alpha value is -4.66. The van der Waals surface area contributed by atoms with Gasteiger partial charge in [-0.1, -0.05) is 85.5 Å². The number of hydrogen-bond acceptors (Lipinski definition) is 8. The third-order valence-corrected chi connectivity index (χ3v) is 7.36. The van der Waals surface area contributed by atoms with E-state index in [2.05, 4.69) is 6.58 Å². The molecule has 0 saturated heterocycles. The van der Waals surface area contributed by atoms with E-state index in [4.69, 9.17) is 30.4 Å². The van der Waals surface area contributed by atoms with E-state index >= 15 is 0 Å². The summed E-state index contributed by atoms with van der Waals surface area (Å²) in [5.41, 5.74) is 16.2. The van der Waals surface area contributed by atoms with Crippen LogP contribution in [0.25, 0.3) is 0 Å². The Kier molecular flexibility index (Phi) is 16.6. The highest BCUT2D eigenvalue weighted by Crippen LogP contribution is 2.17. The number of allylic oxidation sites excluding steroid dienone is 3. The van der Waals surface area contributed by atoms with Crippen LogP contribution in [-0.4, -0.2) is 43.8 Å². The molecule has 8 heteroatoms. The predicted octanol–water partition coefficient (Wildman–Crippen LogP) is 6.42. The van der Waals surface area contributed by atoms with Gasteiger partial charge in [0.25, 0.3) is 0 Å². The van der Waals surface area contributed by atoms with E-state index in [1.54, 1.807) is 6.08 Å². The molecule has 0 aliphatic carbocycles. The number of unbranched alkanes of at least 4 members (excludes halogenated alkanes) is 3. The van der Waals surface area contributed by atoms with Crippen molar-refractivity contribution < 1.29 is 28.5 Å². The van der Waals surface area contributed by atoms with Crippen molar-refractivity contribution in [2.75, 3.05) is 19.8 Å². The van der Waals surface area contributed by atoms with E-state index in [1.807, 2.05) is 104 Å².